The minimum Gasteiger partial charge on any atom is -0.454 e. The number of amides is 1. The van der Waals surface area contributed by atoms with Gasteiger partial charge in [0.1, 0.15) is 6.54 Å². The third-order valence-electron chi connectivity index (χ3n) is 3.71. The van der Waals surface area contributed by atoms with E-state index < -0.39 is 23.8 Å². The van der Waals surface area contributed by atoms with Crippen molar-refractivity contribution in [3.8, 4) is 0 Å². The summed E-state index contributed by atoms with van der Waals surface area (Å²) >= 11 is 0. The molecule has 24 heavy (non-hydrogen) atoms. The van der Waals surface area contributed by atoms with Crippen molar-refractivity contribution in [2.24, 2.45) is 0 Å². The molecule has 0 unspecified atom stereocenters. The summed E-state index contributed by atoms with van der Waals surface area (Å²) in [5, 5.41) is 2.70. The van der Waals surface area contributed by atoms with Gasteiger partial charge in [0.05, 0.1) is 0 Å². The number of hydrogen-bond donors (Lipinski definition) is 2. The number of allylic oxidation sites excluding steroid dienone is 1. The number of ether oxygens (including phenoxy) is 1. The van der Waals surface area contributed by atoms with Crippen LogP contribution in [0, 0.1) is 0 Å². The number of hydrogen-bond acceptors (Lipinski definition) is 5. The van der Waals surface area contributed by atoms with Gasteiger partial charge in [-0.2, -0.15) is 0 Å². The molecule has 1 amide bonds. The SMILES string of the molecule is O=C(COC(=O)Cn1ccc(=O)[nH]c1=O)NCCC1=CCCCC1. The highest BCUT2D eigenvalue weighted by Crippen LogP contribution is 2.19. The molecule has 0 fully saturated rings. The fraction of sp³-hybridized carbons (Fsp3) is 0.500. The van der Waals surface area contributed by atoms with E-state index in [0.29, 0.717) is 6.54 Å². The largest absolute Gasteiger partial charge is 0.454 e. The average molecular weight is 335 g/mol. The van der Waals surface area contributed by atoms with Crippen molar-refractivity contribution in [1.29, 1.82) is 0 Å². The lowest BCUT2D eigenvalue weighted by Crippen LogP contribution is -2.33. The van der Waals surface area contributed by atoms with E-state index in [4.69, 9.17) is 4.74 Å². The number of esters is 1. The molecule has 0 saturated heterocycles. The summed E-state index contributed by atoms with van der Waals surface area (Å²) < 4.78 is 5.82. The van der Waals surface area contributed by atoms with Gasteiger partial charge in [-0.05, 0) is 32.1 Å². The molecule has 0 atom stereocenters. The van der Waals surface area contributed by atoms with E-state index in [-0.39, 0.29) is 12.5 Å². The van der Waals surface area contributed by atoms with Crippen LogP contribution in [0.5, 0.6) is 0 Å². The van der Waals surface area contributed by atoms with Gasteiger partial charge >= 0.3 is 11.7 Å². The number of rotatable bonds is 7. The number of carbonyl (C=O) groups is 2. The van der Waals surface area contributed by atoms with Gasteiger partial charge in [-0.1, -0.05) is 11.6 Å². The van der Waals surface area contributed by atoms with Crippen LogP contribution < -0.4 is 16.6 Å². The van der Waals surface area contributed by atoms with E-state index in [0.717, 1.165) is 29.9 Å². The molecule has 1 aliphatic rings. The number of carbonyl (C=O) groups excluding carboxylic acids is 2. The smallest absolute Gasteiger partial charge is 0.328 e. The second kappa shape index (κ2) is 8.85. The molecule has 1 aliphatic carbocycles. The topological polar surface area (TPSA) is 110 Å². The van der Waals surface area contributed by atoms with Crippen molar-refractivity contribution in [1.82, 2.24) is 14.9 Å². The minimum atomic E-state index is -0.728. The Kier molecular flexibility index (Phi) is 6.53. The standard InChI is InChI=1S/C16H21N3O5/c20-13-7-9-19(16(23)18-13)10-15(22)24-11-14(21)17-8-6-12-4-2-1-3-5-12/h4,7,9H,1-3,5-6,8,10-11H2,(H,17,21)(H,18,20,23). The Morgan fingerprint density at radius 2 is 2.12 bits per heavy atom. The Morgan fingerprint density at radius 1 is 1.29 bits per heavy atom. The predicted molar refractivity (Wildman–Crippen MR) is 86.5 cm³/mol. The van der Waals surface area contributed by atoms with E-state index >= 15 is 0 Å². The van der Waals surface area contributed by atoms with Crippen molar-refractivity contribution in [2.75, 3.05) is 13.2 Å². The Labute approximate surface area is 138 Å². The number of H-pyrrole nitrogens is 1. The fourth-order valence-electron chi connectivity index (χ4n) is 2.44. The monoisotopic (exact) mass is 335 g/mol. The first-order valence-corrected chi connectivity index (χ1v) is 7.94. The van der Waals surface area contributed by atoms with Gasteiger partial charge in [-0.25, -0.2) is 4.79 Å². The molecule has 0 aliphatic heterocycles. The summed E-state index contributed by atoms with van der Waals surface area (Å²) in [5.74, 6) is -1.11. The quantitative estimate of drug-likeness (QED) is 0.542. The number of aromatic nitrogens is 2. The van der Waals surface area contributed by atoms with Gasteiger partial charge in [0.2, 0.25) is 0 Å². The molecular formula is C16H21N3O5. The molecular weight excluding hydrogens is 314 g/mol. The maximum atomic E-state index is 11.6. The van der Waals surface area contributed by atoms with Gasteiger partial charge in [0.15, 0.2) is 6.61 Å². The van der Waals surface area contributed by atoms with Crippen molar-refractivity contribution in [2.45, 2.75) is 38.6 Å². The molecule has 8 heteroatoms. The maximum Gasteiger partial charge on any atom is 0.328 e. The van der Waals surface area contributed by atoms with E-state index in [1.165, 1.54) is 24.6 Å². The van der Waals surface area contributed by atoms with Crippen LogP contribution in [-0.2, 0) is 20.9 Å². The van der Waals surface area contributed by atoms with Gasteiger partial charge in [-0.3, -0.25) is 23.9 Å². The zero-order chi connectivity index (χ0) is 17.4. The molecule has 0 aromatic carbocycles. The van der Waals surface area contributed by atoms with Gasteiger partial charge in [0.25, 0.3) is 11.5 Å². The molecule has 1 aromatic rings. The summed E-state index contributed by atoms with van der Waals surface area (Å²) in [4.78, 5) is 47.6. The van der Waals surface area contributed by atoms with E-state index in [1.54, 1.807) is 0 Å². The molecule has 2 N–H and O–H groups in total. The molecule has 8 nitrogen and oxygen atoms in total. The summed E-state index contributed by atoms with van der Waals surface area (Å²) in [7, 11) is 0. The lowest BCUT2D eigenvalue weighted by molar-refractivity contribution is -0.149. The van der Waals surface area contributed by atoms with Gasteiger partial charge in [-0.15, -0.1) is 0 Å². The fourth-order valence-corrected chi connectivity index (χ4v) is 2.44. The Balaban J connectivity index is 1.67. The third kappa shape index (κ3) is 5.86. The zero-order valence-corrected chi connectivity index (χ0v) is 13.4. The molecule has 130 valence electrons. The number of nitrogens with zero attached hydrogens (tertiary/aromatic N) is 1. The lowest BCUT2D eigenvalue weighted by atomic mass is 9.97. The van der Waals surface area contributed by atoms with Crippen molar-refractivity contribution in [3.63, 3.8) is 0 Å². The maximum absolute atomic E-state index is 11.6. The minimum absolute atomic E-state index is 0.365. The normalized spacial score (nSPS) is 13.9. The number of aromatic amines is 1. The summed E-state index contributed by atoms with van der Waals surface area (Å²) in [5.41, 5.74) is 0.109. The van der Waals surface area contributed by atoms with E-state index in [9.17, 15) is 19.2 Å². The lowest BCUT2D eigenvalue weighted by Gasteiger charge is -2.13. The summed E-state index contributed by atoms with van der Waals surface area (Å²) in [6, 6.07) is 1.13. The Hall–Kier alpha value is -2.64. The van der Waals surface area contributed by atoms with Crippen LogP contribution in [0.4, 0.5) is 0 Å². The summed E-state index contributed by atoms with van der Waals surface area (Å²) in [6.45, 7) is -0.243. The Bertz CT molecular complexity index is 732. The first-order chi connectivity index (χ1) is 11.5. The second-order valence-electron chi connectivity index (χ2n) is 5.61. The molecule has 0 spiro atoms. The van der Waals surface area contributed by atoms with Crippen molar-refractivity contribution >= 4 is 11.9 Å². The molecule has 1 heterocycles. The predicted octanol–water partition coefficient (Wildman–Crippen LogP) is 0.0865. The third-order valence-corrected chi connectivity index (χ3v) is 3.71. The Morgan fingerprint density at radius 3 is 2.83 bits per heavy atom. The first-order valence-electron chi connectivity index (χ1n) is 7.94. The zero-order valence-electron chi connectivity index (χ0n) is 13.4. The molecule has 1 aromatic heterocycles. The average Bonchev–Trinajstić information content (AvgIpc) is 2.56. The first kappa shape index (κ1) is 17.7. The van der Waals surface area contributed by atoms with E-state index in [2.05, 4.69) is 11.4 Å². The van der Waals surface area contributed by atoms with Crippen LogP contribution in [-0.4, -0.2) is 34.6 Å². The molecule has 0 radical (unpaired) electrons. The molecule has 0 saturated carbocycles. The molecule has 2 rings (SSSR count). The van der Waals surface area contributed by atoms with Crippen LogP contribution in [0.25, 0.3) is 0 Å². The van der Waals surface area contributed by atoms with Crippen LogP contribution in [0.2, 0.25) is 0 Å². The summed E-state index contributed by atoms with van der Waals surface area (Å²) in [6.07, 6.45) is 8.83. The van der Waals surface area contributed by atoms with Crippen molar-refractivity contribution in [3.05, 3.63) is 44.8 Å². The molecule has 0 bridgehead atoms. The number of nitrogens with one attached hydrogen (secondary N) is 2. The van der Waals surface area contributed by atoms with Crippen LogP contribution >= 0.6 is 0 Å². The van der Waals surface area contributed by atoms with Gasteiger partial charge < -0.3 is 10.1 Å². The van der Waals surface area contributed by atoms with Crippen LogP contribution in [0.3, 0.4) is 0 Å². The van der Waals surface area contributed by atoms with E-state index in [1.807, 2.05) is 4.98 Å². The second-order valence-corrected chi connectivity index (χ2v) is 5.61. The highest BCUT2D eigenvalue weighted by Gasteiger charge is 2.10. The highest BCUT2D eigenvalue weighted by molar-refractivity contribution is 5.80. The van der Waals surface area contributed by atoms with Gasteiger partial charge in [0, 0.05) is 18.8 Å². The highest BCUT2D eigenvalue weighted by atomic mass is 16.5. The van der Waals surface area contributed by atoms with Crippen LogP contribution in [0.15, 0.2) is 33.5 Å². The van der Waals surface area contributed by atoms with Crippen LogP contribution in [0.1, 0.15) is 32.1 Å². The van der Waals surface area contributed by atoms with Crippen molar-refractivity contribution < 1.29 is 14.3 Å².